The van der Waals surface area contributed by atoms with E-state index in [-0.39, 0.29) is 19.0 Å². The first-order valence-electron chi connectivity index (χ1n) is 5.65. The van der Waals surface area contributed by atoms with E-state index in [4.69, 9.17) is 4.74 Å². The number of ether oxygens (including phenoxy) is 1. The Hall–Kier alpha value is -0.170. The van der Waals surface area contributed by atoms with Crippen molar-refractivity contribution in [3.05, 3.63) is 0 Å². The molecule has 0 aliphatic carbocycles. The average Bonchev–Trinajstić information content (AvgIpc) is 2.26. The predicted molar refractivity (Wildman–Crippen MR) is 63.8 cm³/mol. The zero-order valence-electron chi connectivity index (χ0n) is 10.3. The lowest BCUT2D eigenvalue weighted by Gasteiger charge is -2.30. The molecule has 0 saturated carbocycles. The number of hydrogen-bond donors (Lipinski definition) is 2. The summed E-state index contributed by atoms with van der Waals surface area (Å²) in [5.41, 5.74) is -0.731. The second-order valence-electron chi connectivity index (χ2n) is 3.76. The minimum atomic E-state index is -3.38. The number of aliphatic hydroxyl groups is 1. The highest BCUT2D eigenvalue weighted by atomic mass is 32.2. The Labute approximate surface area is 98.2 Å². The van der Waals surface area contributed by atoms with E-state index >= 15 is 0 Å². The molecule has 16 heavy (non-hydrogen) atoms. The van der Waals surface area contributed by atoms with E-state index in [0.717, 1.165) is 0 Å². The topological polar surface area (TPSA) is 75.6 Å². The molecule has 0 aromatic rings. The maximum atomic E-state index is 11.7. The molecule has 98 valence electrons. The first-order valence-corrected chi connectivity index (χ1v) is 7.30. The quantitative estimate of drug-likeness (QED) is 0.587. The second-order valence-corrected chi connectivity index (χ2v) is 5.61. The fourth-order valence-electron chi connectivity index (χ4n) is 1.34. The Kier molecular flexibility index (Phi) is 7.14. The molecule has 5 nitrogen and oxygen atoms in total. The van der Waals surface area contributed by atoms with Gasteiger partial charge >= 0.3 is 0 Å². The van der Waals surface area contributed by atoms with Gasteiger partial charge in [0.25, 0.3) is 0 Å². The van der Waals surface area contributed by atoms with E-state index in [9.17, 15) is 13.5 Å². The van der Waals surface area contributed by atoms with Crippen LogP contribution in [0.15, 0.2) is 0 Å². The average molecular weight is 253 g/mol. The minimum absolute atomic E-state index is 0.0669. The van der Waals surface area contributed by atoms with Crippen LogP contribution in [0.5, 0.6) is 0 Å². The second kappa shape index (κ2) is 7.21. The summed E-state index contributed by atoms with van der Waals surface area (Å²) in [4.78, 5) is 0. The van der Waals surface area contributed by atoms with E-state index in [1.165, 1.54) is 0 Å². The zero-order chi connectivity index (χ0) is 12.7. The van der Waals surface area contributed by atoms with Crippen LogP contribution in [0.4, 0.5) is 0 Å². The van der Waals surface area contributed by atoms with Crippen LogP contribution in [0.2, 0.25) is 0 Å². The molecule has 0 aromatic carbocycles. The predicted octanol–water partition coefficient (Wildman–Crippen LogP) is 0.493. The third kappa shape index (κ3) is 5.25. The fourth-order valence-corrected chi connectivity index (χ4v) is 2.80. The van der Waals surface area contributed by atoms with Gasteiger partial charge in [0.15, 0.2) is 0 Å². The Morgan fingerprint density at radius 3 is 2.19 bits per heavy atom. The standard InChI is InChI=1S/C10H23NO4S/c1-4-10(5-2,9-12)11-16(13,14)8-7-15-6-3/h11-12H,4-9H2,1-3H3. The van der Waals surface area contributed by atoms with Gasteiger partial charge in [0, 0.05) is 6.61 Å². The molecular weight excluding hydrogens is 230 g/mol. The van der Waals surface area contributed by atoms with Crippen molar-refractivity contribution in [3.8, 4) is 0 Å². The summed E-state index contributed by atoms with van der Waals surface area (Å²) in [6.07, 6.45) is 1.13. The number of aliphatic hydroxyl groups excluding tert-OH is 1. The van der Waals surface area contributed by atoms with Crippen molar-refractivity contribution in [2.75, 3.05) is 25.6 Å². The summed E-state index contributed by atoms with van der Waals surface area (Å²) in [5, 5.41) is 9.25. The summed E-state index contributed by atoms with van der Waals surface area (Å²) in [7, 11) is -3.38. The van der Waals surface area contributed by atoms with Gasteiger partial charge in [0.2, 0.25) is 10.0 Å². The van der Waals surface area contributed by atoms with E-state index in [1.807, 2.05) is 20.8 Å². The van der Waals surface area contributed by atoms with Crippen molar-refractivity contribution in [2.45, 2.75) is 39.2 Å². The molecule has 0 aliphatic rings. The van der Waals surface area contributed by atoms with Crippen molar-refractivity contribution in [2.24, 2.45) is 0 Å². The molecule has 0 heterocycles. The smallest absolute Gasteiger partial charge is 0.214 e. The Balaban J connectivity index is 4.42. The van der Waals surface area contributed by atoms with E-state index < -0.39 is 15.6 Å². The van der Waals surface area contributed by atoms with Gasteiger partial charge < -0.3 is 9.84 Å². The molecule has 2 N–H and O–H groups in total. The number of nitrogens with one attached hydrogen (secondary N) is 1. The Morgan fingerprint density at radius 2 is 1.81 bits per heavy atom. The monoisotopic (exact) mass is 253 g/mol. The van der Waals surface area contributed by atoms with Gasteiger partial charge in [-0.1, -0.05) is 13.8 Å². The maximum absolute atomic E-state index is 11.7. The molecule has 0 aliphatic heterocycles. The molecule has 0 saturated heterocycles. The van der Waals surface area contributed by atoms with Crippen LogP contribution in [-0.4, -0.2) is 44.6 Å². The molecule has 0 unspecified atom stereocenters. The normalized spacial score (nSPS) is 13.0. The van der Waals surface area contributed by atoms with Gasteiger partial charge in [0.1, 0.15) is 0 Å². The summed E-state index contributed by atoms with van der Waals surface area (Å²) in [6.45, 7) is 6.02. The fraction of sp³-hybridized carbons (Fsp3) is 1.00. The molecular formula is C10H23NO4S. The summed E-state index contributed by atoms with van der Waals surface area (Å²) < 4.78 is 31.0. The lowest BCUT2D eigenvalue weighted by molar-refractivity contribution is 0.159. The highest BCUT2D eigenvalue weighted by Crippen LogP contribution is 2.15. The molecule has 0 fully saturated rings. The number of rotatable bonds is 9. The molecule has 0 aromatic heterocycles. The van der Waals surface area contributed by atoms with Gasteiger partial charge in [-0.15, -0.1) is 0 Å². The largest absolute Gasteiger partial charge is 0.394 e. The number of hydrogen-bond acceptors (Lipinski definition) is 4. The molecule has 0 bridgehead atoms. The zero-order valence-corrected chi connectivity index (χ0v) is 11.1. The minimum Gasteiger partial charge on any atom is -0.394 e. The third-order valence-electron chi connectivity index (χ3n) is 2.73. The van der Waals surface area contributed by atoms with Gasteiger partial charge in [-0.3, -0.25) is 0 Å². The molecule has 0 radical (unpaired) electrons. The van der Waals surface area contributed by atoms with Crippen LogP contribution in [0, 0.1) is 0 Å². The Bertz CT molecular complexity index is 264. The van der Waals surface area contributed by atoms with Crippen LogP contribution >= 0.6 is 0 Å². The summed E-state index contributed by atoms with van der Waals surface area (Å²) in [5.74, 6) is -0.0669. The maximum Gasteiger partial charge on any atom is 0.214 e. The van der Waals surface area contributed by atoms with Crippen molar-refractivity contribution in [3.63, 3.8) is 0 Å². The summed E-state index contributed by atoms with van der Waals surface area (Å²) >= 11 is 0. The van der Waals surface area contributed by atoms with Crippen molar-refractivity contribution in [1.29, 1.82) is 0 Å². The van der Waals surface area contributed by atoms with Gasteiger partial charge in [-0.25, -0.2) is 13.1 Å². The molecule has 0 atom stereocenters. The van der Waals surface area contributed by atoms with Gasteiger partial charge in [0.05, 0.1) is 24.5 Å². The third-order valence-corrected chi connectivity index (χ3v) is 4.18. The van der Waals surface area contributed by atoms with Crippen LogP contribution < -0.4 is 4.72 Å². The Morgan fingerprint density at radius 1 is 1.25 bits per heavy atom. The first-order chi connectivity index (χ1) is 7.45. The van der Waals surface area contributed by atoms with Crippen LogP contribution in [-0.2, 0) is 14.8 Å². The van der Waals surface area contributed by atoms with E-state index in [1.54, 1.807) is 0 Å². The lowest BCUT2D eigenvalue weighted by Crippen LogP contribution is -2.51. The summed E-state index contributed by atoms with van der Waals surface area (Å²) in [6, 6.07) is 0. The van der Waals surface area contributed by atoms with E-state index in [2.05, 4.69) is 4.72 Å². The molecule has 6 heteroatoms. The van der Waals surface area contributed by atoms with Gasteiger partial charge in [-0.05, 0) is 19.8 Å². The highest BCUT2D eigenvalue weighted by molar-refractivity contribution is 7.89. The van der Waals surface area contributed by atoms with Crippen molar-refractivity contribution in [1.82, 2.24) is 4.72 Å². The van der Waals surface area contributed by atoms with Gasteiger partial charge in [-0.2, -0.15) is 0 Å². The van der Waals surface area contributed by atoms with E-state index in [0.29, 0.717) is 19.4 Å². The van der Waals surface area contributed by atoms with Crippen molar-refractivity contribution >= 4 is 10.0 Å². The highest BCUT2D eigenvalue weighted by Gasteiger charge is 2.30. The first kappa shape index (κ1) is 15.8. The van der Waals surface area contributed by atoms with Crippen LogP contribution in [0.25, 0.3) is 0 Å². The molecule has 0 rings (SSSR count). The lowest BCUT2D eigenvalue weighted by atomic mass is 9.96. The SMILES string of the molecule is CCOCCS(=O)(=O)NC(CC)(CC)CO. The van der Waals surface area contributed by atoms with Crippen LogP contribution in [0.3, 0.4) is 0 Å². The van der Waals surface area contributed by atoms with Crippen molar-refractivity contribution < 1.29 is 18.3 Å². The molecule has 0 amide bonds. The molecule has 0 spiro atoms. The number of sulfonamides is 1. The van der Waals surface area contributed by atoms with Crippen LogP contribution in [0.1, 0.15) is 33.6 Å².